The minimum absolute atomic E-state index is 0.683. The van der Waals surface area contributed by atoms with Crippen LogP contribution in [0, 0.1) is 0 Å². The van der Waals surface area contributed by atoms with Crippen LogP contribution < -0.4 is 45.3 Å². The van der Waals surface area contributed by atoms with Gasteiger partial charge in [-0.15, -0.1) is 11.3 Å². The largest absolute Gasteiger partial charge is 0.452 e. The minimum atomic E-state index is 0.683. The molecular weight excluding hydrogens is 815 g/mol. The van der Waals surface area contributed by atoms with Crippen molar-refractivity contribution in [3.63, 3.8) is 0 Å². The standard InChI is InChI=1S/C20H26N3O.C16H17N3O.C16H18N3S/c1-5-22(6-2)15-9-11-17-19(13-15)24-20-14-16(23(7-3)8-4)10-12-18(20)21-17;1-3-19(4-2)12-6-8-14-16(10-12)20-15-9-11(17)5-7-13(15)18-14;1-18(2)11-5-7-13-15(9-11)20-16-10-12(19(3)4)6-8-14(16)17-13/h9-14H,5-8H2,1-4H3;5-10,17H,3-4H2,1-2H3;5-10H,1-4H3/q+1;;+1/p+1. The molecule has 0 amide bonds. The van der Waals surface area contributed by atoms with Crippen molar-refractivity contribution in [2.45, 2.75) is 41.5 Å². The Kier molecular flexibility index (Phi) is 14.3. The zero-order valence-electron chi connectivity index (χ0n) is 39.0. The fourth-order valence-corrected chi connectivity index (χ4v) is 8.78. The number of hydrogen-bond acceptors (Lipinski definition) is 9. The highest BCUT2D eigenvalue weighted by Crippen LogP contribution is 2.32. The van der Waals surface area contributed by atoms with E-state index in [-0.39, 0.29) is 0 Å². The van der Waals surface area contributed by atoms with Crippen molar-refractivity contribution in [1.29, 1.82) is 0 Å². The summed E-state index contributed by atoms with van der Waals surface area (Å²) < 4.78 is 20.1. The van der Waals surface area contributed by atoms with E-state index in [0.29, 0.717) is 11.3 Å². The summed E-state index contributed by atoms with van der Waals surface area (Å²) in [4.78, 5) is 19.8. The smallest absolute Gasteiger partial charge is 0.203 e. The second-order valence-corrected chi connectivity index (χ2v) is 17.0. The average molecular weight is 877 g/mol. The van der Waals surface area contributed by atoms with Crippen LogP contribution in [0.4, 0.5) is 17.1 Å². The Morgan fingerprint density at radius 3 is 1.58 bits per heavy atom. The van der Waals surface area contributed by atoms with Gasteiger partial charge in [0.25, 0.3) is 0 Å². The fraction of sp³-hybridized carbons (Fsp3) is 0.308. The van der Waals surface area contributed by atoms with Gasteiger partial charge in [-0.2, -0.15) is 0 Å². The fourth-order valence-electron chi connectivity index (χ4n) is 7.75. The lowest BCUT2D eigenvalue weighted by molar-refractivity contribution is 0.599. The van der Waals surface area contributed by atoms with Gasteiger partial charge in [0.1, 0.15) is 62.7 Å². The molecule has 0 unspecified atom stereocenters. The van der Waals surface area contributed by atoms with E-state index < -0.39 is 0 Å². The van der Waals surface area contributed by atoms with Gasteiger partial charge in [-0.3, -0.25) is 0 Å². The molecule has 64 heavy (non-hydrogen) atoms. The van der Waals surface area contributed by atoms with Crippen molar-refractivity contribution in [2.75, 3.05) is 83.0 Å². The van der Waals surface area contributed by atoms with Crippen LogP contribution in [0.3, 0.4) is 0 Å². The van der Waals surface area contributed by atoms with Gasteiger partial charge in [0.2, 0.25) is 16.1 Å². The molecule has 0 spiro atoms. The molecule has 0 radical (unpaired) electrons. The topological polar surface area (TPSA) is 106 Å². The van der Waals surface area contributed by atoms with E-state index in [9.17, 15) is 0 Å². The first-order valence-corrected chi connectivity index (χ1v) is 23.1. The van der Waals surface area contributed by atoms with Gasteiger partial charge in [0.15, 0.2) is 22.7 Å². The highest BCUT2D eigenvalue weighted by molar-refractivity contribution is 7.21. The van der Waals surface area contributed by atoms with Crippen LogP contribution in [0.25, 0.3) is 65.9 Å². The summed E-state index contributed by atoms with van der Waals surface area (Å²) in [6, 6.07) is 37.0. The third-order valence-corrected chi connectivity index (χ3v) is 12.6. The van der Waals surface area contributed by atoms with E-state index in [1.807, 2.05) is 42.5 Å². The van der Waals surface area contributed by atoms with Gasteiger partial charge in [-0.25, -0.2) is 28.7 Å². The number of rotatable bonds is 8. The zero-order chi connectivity index (χ0) is 45.5. The van der Waals surface area contributed by atoms with Crippen LogP contribution >= 0.6 is 11.3 Å². The van der Waals surface area contributed by atoms with Crippen LogP contribution in [-0.2, 0) is 0 Å². The molecule has 0 saturated carbocycles. The summed E-state index contributed by atoms with van der Waals surface area (Å²) in [5.41, 5.74) is 16.0. The van der Waals surface area contributed by atoms with E-state index in [2.05, 4.69) is 165 Å². The summed E-state index contributed by atoms with van der Waals surface area (Å²) in [5, 5.41) is 3.53. The van der Waals surface area contributed by atoms with E-state index in [1.165, 1.54) is 31.7 Å². The number of aromatic nitrogens is 3. The Morgan fingerprint density at radius 2 is 1.03 bits per heavy atom. The van der Waals surface area contributed by atoms with Crippen LogP contribution in [0.2, 0.25) is 0 Å². The van der Waals surface area contributed by atoms with E-state index in [1.54, 1.807) is 11.3 Å². The summed E-state index contributed by atoms with van der Waals surface area (Å²) in [6.45, 7) is 18.8. The molecule has 0 bridgehead atoms. The second kappa shape index (κ2) is 20.2. The SMILES string of the molecule is CCN(CC)c1ccc2nc3ccc(=[N+](CC)CC)cc-3oc2c1.CC[N+](CC)=c1ccc2nc3ccc(N)cc3oc-2c1.CN(C)c1ccc2nc3ccc(=[N+](C)C)cc-3sc2c1. The second-order valence-electron chi connectivity index (χ2n) is 15.9. The van der Waals surface area contributed by atoms with Crippen LogP contribution in [0.1, 0.15) is 41.5 Å². The van der Waals surface area contributed by atoms with Gasteiger partial charge >= 0.3 is 0 Å². The molecule has 6 aliphatic rings. The molecule has 0 aromatic heterocycles. The quantitative estimate of drug-likeness (QED) is 0.0923. The molecule has 12 heteroatoms. The average Bonchev–Trinajstić information content (AvgIpc) is 3.30. The monoisotopic (exact) mass is 876 g/mol. The molecule has 2 N–H and O–H groups in total. The summed E-state index contributed by atoms with van der Waals surface area (Å²) in [6.07, 6.45) is 0. The van der Waals surface area contributed by atoms with Gasteiger partial charge in [-0.1, -0.05) is 0 Å². The van der Waals surface area contributed by atoms with Crippen molar-refractivity contribution < 1.29 is 8.83 Å². The van der Waals surface area contributed by atoms with Crippen molar-refractivity contribution in [3.05, 3.63) is 125 Å². The van der Waals surface area contributed by atoms with E-state index in [4.69, 9.17) is 24.5 Å². The predicted molar refractivity (Wildman–Crippen MR) is 270 cm³/mol. The van der Waals surface area contributed by atoms with Crippen molar-refractivity contribution in [3.8, 4) is 33.5 Å². The zero-order valence-corrected chi connectivity index (χ0v) is 39.8. The lowest BCUT2D eigenvalue weighted by Crippen LogP contribution is -2.29. The number of fused-ring (bicyclic) bond motifs is 6. The Hall–Kier alpha value is -6.66. The van der Waals surface area contributed by atoms with Crippen LogP contribution in [0.15, 0.2) is 118 Å². The predicted octanol–water partition coefficient (Wildman–Crippen LogP) is 8.42. The van der Waals surface area contributed by atoms with Crippen LogP contribution in [-0.4, -0.2) is 82.4 Å². The molecular formula is C52H62N9O2S+3. The molecule has 3 aromatic rings. The summed E-state index contributed by atoms with van der Waals surface area (Å²) in [7, 11) is 8.24. The molecule has 330 valence electrons. The third-order valence-electron chi connectivity index (χ3n) is 11.5. The molecule has 0 fully saturated rings. The summed E-state index contributed by atoms with van der Waals surface area (Å²) in [5.74, 6) is 1.62. The molecule has 9 rings (SSSR count). The molecule has 3 aliphatic carbocycles. The Bertz CT molecular complexity index is 3160. The first-order chi connectivity index (χ1) is 30.9. The number of nitrogens with zero attached hydrogens (tertiary/aromatic N) is 8. The molecule has 3 heterocycles. The maximum absolute atomic E-state index is 6.19. The normalized spacial score (nSPS) is 11.1. The third kappa shape index (κ3) is 10.1. The number of nitrogen functional groups attached to an aromatic ring is 1. The van der Waals surface area contributed by atoms with E-state index >= 15 is 0 Å². The maximum atomic E-state index is 6.19. The Morgan fingerprint density at radius 1 is 0.531 bits per heavy atom. The van der Waals surface area contributed by atoms with Gasteiger partial charge in [0.05, 0.1) is 32.9 Å². The Balaban J connectivity index is 0.000000144. The van der Waals surface area contributed by atoms with Gasteiger partial charge < -0.3 is 24.4 Å². The molecule has 3 aliphatic heterocycles. The molecule has 11 nitrogen and oxygen atoms in total. The number of benzene rings is 6. The highest BCUT2D eigenvalue weighted by Gasteiger charge is 2.15. The molecule has 0 atom stereocenters. The van der Waals surface area contributed by atoms with Crippen molar-refractivity contribution in [2.24, 2.45) is 0 Å². The first kappa shape index (κ1) is 45.4. The minimum Gasteiger partial charge on any atom is -0.452 e. The van der Waals surface area contributed by atoms with Gasteiger partial charge in [-0.05, 0) is 102 Å². The lowest BCUT2D eigenvalue weighted by atomic mass is 10.2. The summed E-state index contributed by atoms with van der Waals surface area (Å²) >= 11 is 1.80. The number of nitrogens with two attached hydrogens (primary N) is 1. The first-order valence-electron chi connectivity index (χ1n) is 22.3. The highest BCUT2D eigenvalue weighted by atomic mass is 32.1. The van der Waals surface area contributed by atoms with Gasteiger partial charge in [0, 0.05) is 80.6 Å². The van der Waals surface area contributed by atoms with E-state index in [0.717, 1.165) is 95.4 Å². The van der Waals surface area contributed by atoms with Crippen LogP contribution in [0.5, 0.6) is 0 Å². The molecule has 0 saturated heterocycles. The maximum Gasteiger partial charge on any atom is 0.203 e. The Labute approximate surface area is 380 Å². The van der Waals surface area contributed by atoms with Crippen molar-refractivity contribution >= 4 is 60.8 Å². The molecule has 3 aromatic carbocycles. The lowest BCUT2D eigenvalue weighted by Gasteiger charge is -2.21. The van der Waals surface area contributed by atoms with Crippen molar-refractivity contribution in [1.82, 2.24) is 28.7 Å². The number of anilines is 3. The number of hydrogen-bond donors (Lipinski definition) is 1.